The fourth-order valence-electron chi connectivity index (χ4n) is 3.06. The molecule has 6 heteroatoms. The maximum Gasteiger partial charge on any atom is 0.416 e. The lowest BCUT2D eigenvalue weighted by Crippen LogP contribution is -2.41. The first-order valence-corrected chi connectivity index (χ1v) is 7.06. The third kappa shape index (κ3) is 2.59. The van der Waals surface area contributed by atoms with Crippen LogP contribution in [0.25, 0.3) is 0 Å². The molecule has 1 N–H and O–H groups in total. The molecular formula is C15H16F3NO2. The largest absolute Gasteiger partial charge is 0.490 e. The van der Waals surface area contributed by atoms with Gasteiger partial charge in [0.25, 0.3) is 0 Å². The minimum Gasteiger partial charge on any atom is -0.490 e. The molecule has 1 fully saturated rings. The Kier molecular flexibility index (Phi) is 3.34. The topological polar surface area (TPSA) is 38.3 Å². The fourth-order valence-corrected chi connectivity index (χ4v) is 3.06. The number of alkyl halides is 3. The Bertz CT molecular complexity index is 563. The number of halogens is 3. The van der Waals surface area contributed by atoms with Gasteiger partial charge in [-0.15, -0.1) is 0 Å². The van der Waals surface area contributed by atoms with Crippen molar-refractivity contribution in [3.8, 4) is 5.75 Å². The molecule has 1 aromatic rings. The number of rotatable bonds is 0. The minimum absolute atomic E-state index is 0.0978. The first kappa shape index (κ1) is 14.2. The van der Waals surface area contributed by atoms with Crippen LogP contribution in [0.3, 0.4) is 0 Å². The molecule has 0 radical (unpaired) electrons. The molecule has 0 unspecified atom stereocenters. The van der Waals surface area contributed by atoms with E-state index >= 15 is 0 Å². The minimum atomic E-state index is -4.42. The van der Waals surface area contributed by atoms with Gasteiger partial charge in [0.2, 0.25) is 5.91 Å². The van der Waals surface area contributed by atoms with Gasteiger partial charge < -0.3 is 10.1 Å². The van der Waals surface area contributed by atoms with Crippen LogP contribution in [0.2, 0.25) is 0 Å². The monoisotopic (exact) mass is 299 g/mol. The number of amides is 1. The lowest BCUT2D eigenvalue weighted by atomic mass is 9.74. The molecule has 3 nitrogen and oxygen atoms in total. The Morgan fingerprint density at radius 3 is 2.52 bits per heavy atom. The van der Waals surface area contributed by atoms with Crippen molar-refractivity contribution in [2.45, 2.75) is 38.3 Å². The van der Waals surface area contributed by atoms with E-state index < -0.39 is 17.2 Å². The van der Waals surface area contributed by atoms with Gasteiger partial charge >= 0.3 is 6.18 Å². The highest BCUT2D eigenvalue weighted by atomic mass is 19.4. The lowest BCUT2D eigenvalue weighted by Gasteiger charge is -2.33. The SMILES string of the molecule is O=C1Nc2ccc(C(F)(F)F)cc2OCC12CCCCC2. The predicted molar refractivity (Wildman–Crippen MR) is 71.1 cm³/mol. The number of benzene rings is 1. The molecule has 1 aliphatic heterocycles. The highest BCUT2D eigenvalue weighted by molar-refractivity contribution is 5.97. The molecule has 1 aromatic carbocycles. The Morgan fingerprint density at radius 1 is 1.14 bits per heavy atom. The van der Waals surface area contributed by atoms with E-state index in [0.717, 1.165) is 44.2 Å². The normalized spacial score (nSPS) is 21.2. The molecule has 0 aromatic heterocycles. The summed E-state index contributed by atoms with van der Waals surface area (Å²) < 4.78 is 43.8. The van der Waals surface area contributed by atoms with Crippen LogP contribution in [0.5, 0.6) is 5.75 Å². The van der Waals surface area contributed by atoms with Gasteiger partial charge in [-0.25, -0.2) is 0 Å². The average molecular weight is 299 g/mol. The summed E-state index contributed by atoms with van der Waals surface area (Å²) in [7, 11) is 0. The van der Waals surface area contributed by atoms with Gasteiger partial charge in [0.15, 0.2) is 0 Å². The summed E-state index contributed by atoms with van der Waals surface area (Å²) in [6.07, 6.45) is -0.00280. The van der Waals surface area contributed by atoms with Crippen molar-refractivity contribution in [2.75, 3.05) is 11.9 Å². The number of hydrogen-bond acceptors (Lipinski definition) is 2. The zero-order valence-electron chi connectivity index (χ0n) is 11.4. The molecule has 1 spiro atoms. The Hall–Kier alpha value is -1.72. The van der Waals surface area contributed by atoms with Gasteiger partial charge in [-0.1, -0.05) is 19.3 Å². The smallest absolute Gasteiger partial charge is 0.416 e. The van der Waals surface area contributed by atoms with Crippen LogP contribution in [-0.2, 0) is 11.0 Å². The van der Waals surface area contributed by atoms with E-state index in [1.54, 1.807) is 0 Å². The number of nitrogens with one attached hydrogen (secondary N) is 1. The van der Waals surface area contributed by atoms with Gasteiger partial charge in [0.1, 0.15) is 12.4 Å². The number of carbonyl (C=O) groups is 1. The predicted octanol–water partition coefficient (Wildman–Crippen LogP) is 3.99. The molecule has 1 amide bonds. The molecule has 1 heterocycles. The van der Waals surface area contributed by atoms with Crippen LogP contribution >= 0.6 is 0 Å². The van der Waals surface area contributed by atoms with Crippen molar-refractivity contribution in [2.24, 2.45) is 5.41 Å². The summed E-state index contributed by atoms with van der Waals surface area (Å²) in [5.74, 6) is -0.0404. The van der Waals surface area contributed by atoms with E-state index in [-0.39, 0.29) is 18.3 Å². The highest BCUT2D eigenvalue weighted by Crippen LogP contribution is 2.43. The standard InChI is InChI=1S/C15H16F3NO2/c16-15(17,18)10-4-5-11-12(8-10)21-9-14(13(20)19-11)6-2-1-3-7-14/h4-5,8H,1-3,6-7,9H2,(H,19,20). The second kappa shape index (κ2) is 4.93. The first-order valence-electron chi connectivity index (χ1n) is 7.06. The maximum atomic E-state index is 12.7. The molecule has 3 rings (SSSR count). The summed E-state index contributed by atoms with van der Waals surface area (Å²) in [6.45, 7) is 0.146. The Morgan fingerprint density at radius 2 is 1.86 bits per heavy atom. The molecular weight excluding hydrogens is 283 g/mol. The summed E-state index contributed by atoms with van der Waals surface area (Å²) in [6, 6.07) is 3.18. The Labute approximate surface area is 120 Å². The molecule has 1 aliphatic carbocycles. The summed E-state index contributed by atoms with van der Waals surface area (Å²) >= 11 is 0. The maximum absolute atomic E-state index is 12.7. The number of carbonyl (C=O) groups excluding carboxylic acids is 1. The van der Waals surface area contributed by atoms with Crippen LogP contribution in [0, 0.1) is 5.41 Å². The second-order valence-corrected chi connectivity index (χ2v) is 5.79. The number of ether oxygens (including phenoxy) is 1. The van der Waals surface area contributed by atoms with Crippen LogP contribution in [0.4, 0.5) is 18.9 Å². The quantitative estimate of drug-likeness (QED) is 0.786. The Balaban J connectivity index is 1.91. The highest BCUT2D eigenvalue weighted by Gasteiger charge is 2.43. The third-order valence-corrected chi connectivity index (χ3v) is 4.35. The summed E-state index contributed by atoms with van der Waals surface area (Å²) in [5, 5.41) is 2.73. The zero-order valence-corrected chi connectivity index (χ0v) is 11.4. The van der Waals surface area contributed by atoms with Crippen LogP contribution in [-0.4, -0.2) is 12.5 Å². The van der Waals surface area contributed by atoms with Crippen LogP contribution in [0.1, 0.15) is 37.7 Å². The van der Waals surface area contributed by atoms with E-state index in [2.05, 4.69) is 5.32 Å². The fraction of sp³-hybridized carbons (Fsp3) is 0.533. The van der Waals surface area contributed by atoms with Crippen LogP contribution < -0.4 is 10.1 Å². The van der Waals surface area contributed by atoms with Crippen molar-refractivity contribution in [1.29, 1.82) is 0 Å². The van der Waals surface area contributed by atoms with Gasteiger partial charge in [-0.3, -0.25) is 4.79 Å². The van der Waals surface area contributed by atoms with Crippen molar-refractivity contribution in [3.63, 3.8) is 0 Å². The number of anilines is 1. The number of hydrogen-bond donors (Lipinski definition) is 1. The van der Waals surface area contributed by atoms with E-state index in [1.165, 1.54) is 6.07 Å². The number of fused-ring (bicyclic) bond motifs is 1. The van der Waals surface area contributed by atoms with E-state index in [0.29, 0.717) is 5.69 Å². The molecule has 0 atom stereocenters. The van der Waals surface area contributed by atoms with Gasteiger partial charge in [-0.2, -0.15) is 13.2 Å². The van der Waals surface area contributed by atoms with E-state index in [9.17, 15) is 18.0 Å². The first-order chi connectivity index (χ1) is 9.91. The summed E-state index contributed by atoms with van der Waals surface area (Å²) in [5.41, 5.74) is -1.05. The second-order valence-electron chi connectivity index (χ2n) is 5.79. The third-order valence-electron chi connectivity index (χ3n) is 4.35. The summed E-state index contributed by atoms with van der Waals surface area (Å²) in [4.78, 5) is 12.4. The molecule has 21 heavy (non-hydrogen) atoms. The van der Waals surface area contributed by atoms with Crippen LogP contribution in [0.15, 0.2) is 18.2 Å². The molecule has 0 bridgehead atoms. The molecule has 1 saturated carbocycles. The van der Waals surface area contributed by atoms with E-state index in [4.69, 9.17) is 4.74 Å². The van der Waals surface area contributed by atoms with Gasteiger partial charge in [-0.05, 0) is 31.0 Å². The molecule has 2 aliphatic rings. The van der Waals surface area contributed by atoms with Gasteiger partial charge in [0, 0.05) is 0 Å². The average Bonchev–Trinajstić information content (AvgIpc) is 2.57. The van der Waals surface area contributed by atoms with E-state index in [1.807, 2.05) is 0 Å². The van der Waals surface area contributed by atoms with Crippen molar-refractivity contribution in [1.82, 2.24) is 0 Å². The van der Waals surface area contributed by atoms with Crippen molar-refractivity contribution in [3.05, 3.63) is 23.8 Å². The lowest BCUT2D eigenvalue weighted by molar-refractivity contribution is -0.137. The van der Waals surface area contributed by atoms with Crippen molar-refractivity contribution < 1.29 is 22.7 Å². The zero-order chi connectivity index (χ0) is 15.1. The van der Waals surface area contributed by atoms with Gasteiger partial charge in [0.05, 0.1) is 16.7 Å². The molecule has 0 saturated heterocycles. The molecule has 114 valence electrons. The van der Waals surface area contributed by atoms with Crippen molar-refractivity contribution >= 4 is 11.6 Å².